The highest BCUT2D eigenvalue weighted by Crippen LogP contribution is 2.39. The third-order valence-electron chi connectivity index (χ3n) is 2.94. The fourth-order valence-electron chi connectivity index (χ4n) is 1.89. The maximum atomic E-state index is 11.7. The molecule has 1 aliphatic carbocycles. The lowest BCUT2D eigenvalue weighted by Gasteiger charge is -2.15. The molecule has 3 rings (SSSR count). The molecule has 18 heavy (non-hydrogen) atoms. The van der Waals surface area contributed by atoms with E-state index >= 15 is 0 Å². The van der Waals surface area contributed by atoms with Crippen LogP contribution in [-0.4, -0.2) is 11.8 Å². The highest BCUT2D eigenvalue weighted by Gasteiger charge is 2.24. The van der Waals surface area contributed by atoms with Gasteiger partial charge < -0.3 is 0 Å². The zero-order chi connectivity index (χ0) is 12.5. The van der Waals surface area contributed by atoms with Crippen LogP contribution >= 0.6 is 11.8 Å². The molecule has 0 spiro atoms. The van der Waals surface area contributed by atoms with Gasteiger partial charge in [0.1, 0.15) is 0 Å². The van der Waals surface area contributed by atoms with E-state index in [4.69, 9.17) is 0 Å². The standard InChI is InChI=1S/C14H11NO2S/c16-13-8-11(14(17)15-13)10-6-1-2-7-12(10)18-9-4-3-5-9/h1-2,4,6-8H,3,5H2,(H,15,16,17). The van der Waals surface area contributed by atoms with Crippen molar-refractivity contribution in [1.29, 1.82) is 0 Å². The van der Waals surface area contributed by atoms with Crippen LogP contribution in [-0.2, 0) is 9.59 Å². The number of thioether (sulfide) groups is 1. The summed E-state index contributed by atoms with van der Waals surface area (Å²) in [6.07, 6.45) is 5.79. The third-order valence-corrected chi connectivity index (χ3v) is 4.15. The Morgan fingerprint density at radius 2 is 1.94 bits per heavy atom. The van der Waals surface area contributed by atoms with Crippen molar-refractivity contribution in [3.63, 3.8) is 0 Å². The summed E-state index contributed by atoms with van der Waals surface area (Å²) in [7, 11) is 0. The summed E-state index contributed by atoms with van der Waals surface area (Å²) in [5.41, 5.74) is 1.29. The maximum absolute atomic E-state index is 11.7. The van der Waals surface area contributed by atoms with E-state index in [9.17, 15) is 9.59 Å². The molecule has 0 aromatic heterocycles. The Balaban J connectivity index is 1.98. The van der Waals surface area contributed by atoms with E-state index in [0.29, 0.717) is 5.57 Å². The molecule has 0 saturated carbocycles. The fourth-order valence-corrected chi connectivity index (χ4v) is 3.02. The molecule has 1 N–H and O–H groups in total. The Morgan fingerprint density at radius 1 is 1.17 bits per heavy atom. The third kappa shape index (κ3) is 1.99. The quantitative estimate of drug-likeness (QED) is 0.846. The number of hydrogen-bond acceptors (Lipinski definition) is 3. The van der Waals surface area contributed by atoms with Crippen LogP contribution in [0, 0.1) is 0 Å². The average molecular weight is 257 g/mol. The Hall–Kier alpha value is -1.81. The number of nitrogens with one attached hydrogen (secondary N) is 1. The Morgan fingerprint density at radius 3 is 2.56 bits per heavy atom. The Bertz CT molecular complexity index is 602. The lowest BCUT2D eigenvalue weighted by molar-refractivity contribution is -0.123. The SMILES string of the molecule is O=C1C=C(c2ccccc2SC2=CCC2)C(=O)N1. The molecule has 2 aliphatic rings. The average Bonchev–Trinajstić information content (AvgIpc) is 2.63. The summed E-state index contributed by atoms with van der Waals surface area (Å²) in [6, 6.07) is 7.69. The number of hydrogen-bond donors (Lipinski definition) is 1. The molecule has 1 aromatic rings. The number of allylic oxidation sites excluding steroid dienone is 2. The minimum Gasteiger partial charge on any atom is -0.289 e. The smallest absolute Gasteiger partial charge is 0.258 e. The molecule has 0 saturated heterocycles. The number of imide groups is 1. The second kappa shape index (κ2) is 4.46. The van der Waals surface area contributed by atoms with Gasteiger partial charge in [-0.05, 0) is 23.8 Å². The van der Waals surface area contributed by atoms with E-state index in [2.05, 4.69) is 11.4 Å². The molecule has 0 bridgehead atoms. The summed E-state index contributed by atoms with van der Waals surface area (Å²) >= 11 is 1.68. The molecular weight excluding hydrogens is 246 g/mol. The van der Waals surface area contributed by atoms with Crippen LogP contribution in [0.2, 0.25) is 0 Å². The zero-order valence-electron chi connectivity index (χ0n) is 9.60. The molecule has 0 atom stereocenters. The predicted octanol–water partition coefficient (Wildman–Crippen LogP) is 2.50. The minimum absolute atomic E-state index is 0.310. The first-order valence-corrected chi connectivity index (χ1v) is 6.59. The molecule has 3 nitrogen and oxygen atoms in total. The van der Waals surface area contributed by atoms with Crippen molar-refractivity contribution >= 4 is 29.1 Å². The maximum Gasteiger partial charge on any atom is 0.258 e. The van der Waals surface area contributed by atoms with Crippen molar-refractivity contribution in [1.82, 2.24) is 5.32 Å². The highest BCUT2D eigenvalue weighted by atomic mass is 32.2. The van der Waals surface area contributed by atoms with Gasteiger partial charge in [0.05, 0.1) is 5.57 Å². The van der Waals surface area contributed by atoms with Crippen molar-refractivity contribution < 1.29 is 9.59 Å². The normalized spacial score (nSPS) is 18.0. The lowest BCUT2D eigenvalue weighted by atomic mass is 10.1. The van der Waals surface area contributed by atoms with Crippen molar-refractivity contribution in [2.45, 2.75) is 17.7 Å². The topological polar surface area (TPSA) is 46.2 Å². The first kappa shape index (κ1) is 11.3. The highest BCUT2D eigenvalue weighted by molar-refractivity contribution is 8.03. The van der Waals surface area contributed by atoms with Crippen LogP contribution in [0.1, 0.15) is 18.4 Å². The van der Waals surface area contributed by atoms with Crippen molar-refractivity contribution in [3.8, 4) is 0 Å². The van der Waals surface area contributed by atoms with E-state index in [1.54, 1.807) is 11.8 Å². The van der Waals surface area contributed by atoms with E-state index in [-0.39, 0.29) is 11.8 Å². The first-order valence-electron chi connectivity index (χ1n) is 5.77. The molecule has 1 aromatic carbocycles. The first-order chi connectivity index (χ1) is 8.74. The number of carbonyl (C=O) groups is 2. The van der Waals surface area contributed by atoms with Crippen LogP contribution in [0.4, 0.5) is 0 Å². The molecule has 0 fully saturated rings. The van der Waals surface area contributed by atoms with Gasteiger partial charge in [-0.25, -0.2) is 0 Å². The van der Waals surface area contributed by atoms with Gasteiger partial charge in [0.15, 0.2) is 0 Å². The number of amides is 2. The summed E-state index contributed by atoms with van der Waals surface area (Å²) < 4.78 is 0. The van der Waals surface area contributed by atoms with Gasteiger partial charge in [0.2, 0.25) is 0 Å². The van der Waals surface area contributed by atoms with Crippen LogP contribution < -0.4 is 5.32 Å². The van der Waals surface area contributed by atoms with Crippen LogP contribution in [0.5, 0.6) is 0 Å². The fraction of sp³-hybridized carbons (Fsp3) is 0.143. The van der Waals surface area contributed by atoms with E-state index in [1.165, 1.54) is 11.0 Å². The van der Waals surface area contributed by atoms with Gasteiger partial charge in [-0.2, -0.15) is 0 Å². The molecular formula is C14H11NO2S. The summed E-state index contributed by atoms with van der Waals surface area (Å²) in [6.45, 7) is 0. The summed E-state index contributed by atoms with van der Waals surface area (Å²) in [5.74, 6) is -0.645. The predicted molar refractivity (Wildman–Crippen MR) is 70.7 cm³/mol. The van der Waals surface area contributed by atoms with Crippen LogP contribution in [0.3, 0.4) is 0 Å². The van der Waals surface area contributed by atoms with Gasteiger partial charge in [-0.3, -0.25) is 14.9 Å². The lowest BCUT2D eigenvalue weighted by Crippen LogP contribution is -2.21. The Kier molecular flexibility index (Phi) is 2.80. The molecule has 0 radical (unpaired) electrons. The minimum atomic E-state index is -0.335. The second-order valence-corrected chi connectivity index (χ2v) is 5.35. The van der Waals surface area contributed by atoms with Crippen LogP contribution in [0.15, 0.2) is 46.2 Å². The van der Waals surface area contributed by atoms with Gasteiger partial charge in [0.25, 0.3) is 11.8 Å². The van der Waals surface area contributed by atoms with E-state index in [0.717, 1.165) is 23.3 Å². The van der Waals surface area contributed by atoms with Crippen LogP contribution in [0.25, 0.3) is 5.57 Å². The van der Waals surface area contributed by atoms with Crippen molar-refractivity contribution in [2.75, 3.05) is 0 Å². The van der Waals surface area contributed by atoms with Gasteiger partial charge in [-0.15, -0.1) is 0 Å². The molecule has 90 valence electrons. The molecule has 1 aliphatic heterocycles. The van der Waals surface area contributed by atoms with Crippen molar-refractivity contribution in [2.24, 2.45) is 0 Å². The van der Waals surface area contributed by atoms with E-state index < -0.39 is 0 Å². The van der Waals surface area contributed by atoms with Gasteiger partial charge in [0, 0.05) is 16.5 Å². The zero-order valence-corrected chi connectivity index (χ0v) is 10.4. The Labute approximate surface area is 109 Å². The van der Waals surface area contributed by atoms with Crippen molar-refractivity contribution in [3.05, 3.63) is 46.9 Å². The summed E-state index contributed by atoms with van der Waals surface area (Å²) in [4.78, 5) is 25.2. The molecule has 0 unspecified atom stereocenters. The molecule has 4 heteroatoms. The largest absolute Gasteiger partial charge is 0.289 e. The molecule has 2 amide bonds. The summed E-state index contributed by atoms with van der Waals surface area (Å²) in [5, 5.41) is 2.28. The van der Waals surface area contributed by atoms with Gasteiger partial charge in [-0.1, -0.05) is 36.0 Å². The number of carbonyl (C=O) groups excluding carboxylic acids is 2. The van der Waals surface area contributed by atoms with E-state index in [1.807, 2.05) is 24.3 Å². The number of benzene rings is 1. The molecule has 1 heterocycles. The second-order valence-electron chi connectivity index (χ2n) is 4.18. The number of rotatable bonds is 3. The van der Waals surface area contributed by atoms with Gasteiger partial charge >= 0.3 is 0 Å². The monoisotopic (exact) mass is 257 g/mol.